The summed E-state index contributed by atoms with van der Waals surface area (Å²) in [6.07, 6.45) is 6.42. The van der Waals surface area contributed by atoms with Crippen molar-refractivity contribution in [1.82, 2.24) is 9.97 Å². The summed E-state index contributed by atoms with van der Waals surface area (Å²) in [4.78, 5) is 10.5. The number of hydrogen-bond donors (Lipinski definition) is 1. The van der Waals surface area contributed by atoms with Crippen LogP contribution in [0.1, 0.15) is 37.9 Å². The minimum absolute atomic E-state index is 0.523. The smallest absolute Gasteiger partial charge is 0.139 e. The third-order valence-corrected chi connectivity index (χ3v) is 5.76. The maximum atomic E-state index is 5.28. The molecule has 0 bridgehead atoms. The Morgan fingerprint density at radius 2 is 1.84 bits per heavy atom. The molecule has 0 atom stereocenters. The summed E-state index contributed by atoms with van der Waals surface area (Å²) in [5.74, 6) is 2.69. The molecule has 2 aromatic heterocycles. The average molecular weight is 353 g/mol. The van der Waals surface area contributed by atoms with Gasteiger partial charge < -0.3 is 10.1 Å². The van der Waals surface area contributed by atoms with E-state index in [4.69, 9.17) is 9.72 Å². The van der Waals surface area contributed by atoms with Crippen LogP contribution < -0.4 is 10.1 Å². The number of aromatic nitrogens is 2. The summed E-state index contributed by atoms with van der Waals surface area (Å²) >= 11 is 1.69. The molecule has 25 heavy (non-hydrogen) atoms. The van der Waals surface area contributed by atoms with Gasteiger partial charge in [-0.2, -0.15) is 0 Å². The van der Waals surface area contributed by atoms with E-state index in [0.29, 0.717) is 6.04 Å². The topological polar surface area (TPSA) is 47.0 Å². The number of aryl methyl sites for hydroxylation is 1. The monoisotopic (exact) mass is 353 g/mol. The SMILES string of the molecule is COc1ccc(-c2csc3nc(C)nc(NC4CCCCC4)c23)cc1. The molecule has 1 aliphatic rings. The molecule has 0 amide bonds. The number of hydrogen-bond acceptors (Lipinski definition) is 5. The first-order valence-electron chi connectivity index (χ1n) is 8.91. The molecule has 0 aliphatic heterocycles. The fraction of sp³-hybridized carbons (Fsp3) is 0.400. The second kappa shape index (κ2) is 7.00. The van der Waals surface area contributed by atoms with Crippen LogP contribution in [0.5, 0.6) is 5.75 Å². The van der Waals surface area contributed by atoms with E-state index in [1.54, 1.807) is 18.4 Å². The van der Waals surface area contributed by atoms with Crippen molar-refractivity contribution < 1.29 is 4.74 Å². The summed E-state index contributed by atoms with van der Waals surface area (Å²) < 4.78 is 5.28. The second-order valence-electron chi connectivity index (χ2n) is 6.66. The Bertz CT molecular complexity index is 867. The predicted molar refractivity (Wildman–Crippen MR) is 105 cm³/mol. The van der Waals surface area contributed by atoms with Crippen molar-refractivity contribution in [3.05, 3.63) is 35.5 Å². The zero-order chi connectivity index (χ0) is 17.2. The van der Waals surface area contributed by atoms with E-state index >= 15 is 0 Å². The minimum atomic E-state index is 0.523. The lowest BCUT2D eigenvalue weighted by Gasteiger charge is -2.24. The Morgan fingerprint density at radius 1 is 1.08 bits per heavy atom. The van der Waals surface area contributed by atoms with E-state index in [1.165, 1.54) is 43.2 Å². The van der Waals surface area contributed by atoms with Crippen LogP contribution >= 0.6 is 11.3 Å². The molecular weight excluding hydrogens is 330 g/mol. The molecule has 3 aromatic rings. The molecule has 1 fully saturated rings. The van der Waals surface area contributed by atoms with Crippen LogP contribution in [0.3, 0.4) is 0 Å². The van der Waals surface area contributed by atoms with Gasteiger partial charge >= 0.3 is 0 Å². The zero-order valence-electron chi connectivity index (χ0n) is 14.7. The van der Waals surface area contributed by atoms with Gasteiger partial charge in [0, 0.05) is 17.0 Å². The highest BCUT2D eigenvalue weighted by Crippen LogP contribution is 2.38. The Hall–Kier alpha value is -2.14. The highest BCUT2D eigenvalue weighted by atomic mass is 32.1. The van der Waals surface area contributed by atoms with Crippen molar-refractivity contribution in [3.63, 3.8) is 0 Å². The van der Waals surface area contributed by atoms with Gasteiger partial charge in [0.1, 0.15) is 22.2 Å². The fourth-order valence-corrected chi connectivity index (χ4v) is 4.57. The highest BCUT2D eigenvalue weighted by molar-refractivity contribution is 7.17. The fourth-order valence-electron chi connectivity index (χ4n) is 3.58. The van der Waals surface area contributed by atoms with Gasteiger partial charge in [-0.15, -0.1) is 11.3 Å². The molecular formula is C20H23N3OS. The number of ether oxygens (including phenoxy) is 1. The first kappa shape index (κ1) is 16.3. The lowest BCUT2D eigenvalue weighted by Crippen LogP contribution is -2.23. The Morgan fingerprint density at radius 3 is 2.56 bits per heavy atom. The minimum Gasteiger partial charge on any atom is -0.497 e. The number of nitrogens with one attached hydrogen (secondary N) is 1. The van der Waals surface area contributed by atoms with Gasteiger partial charge in [-0.25, -0.2) is 9.97 Å². The van der Waals surface area contributed by atoms with Crippen LogP contribution in [-0.4, -0.2) is 23.1 Å². The highest BCUT2D eigenvalue weighted by Gasteiger charge is 2.19. The molecule has 0 radical (unpaired) electrons. The van der Waals surface area contributed by atoms with E-state index in [0.717, 1.165) is 27.6 Å². The Balaban J connectivity index is 1.76. The molecule has 1 saturated carbocycles. The van der Waals surface area contributed by atoms with Crippen LogP contribution in [-0.2, 0) is 0 Å². The second-order valence-corrected chi connectivity index (χ2v) is 7.51. The van der Waals surface area contributed by atoms with E-state index < -0.39 is 0 Å². The molecule has 130 valence electrons. The predicted octanol–water partition coefficient (Wildman–Crippen LogP) is 5.42. The first-order chi connectivity index (χ1) is 12.2. The normalized spacial score (nSPS) is 15.4. The van der Waals surface area contributed by atoms with Crippen LogP contribution in [0.2, 0.25) is 0 Å². The van der Waals surface area contributed by atoms with Crippen LogP contribution in [0.4, 0.5) is 5.82 Å². The van der Waals surface area contributed by atoms with Gasteiger partial charge in [0.2, 0.25) is 0 Å². The van der Waals surface area contributed by atoms with Gasteiger partial charge in [-0.05, 0) is 37.5 Å². The van der Waals surface area contributed by atoms with E-state index in [-0.39, 0.29) is 0 Å². The largest absolute Gasteiger partial charge is 0.497 e. The lowest BCUT2D eigenvalue weighted by molar-refractivity contribution is 0.415. The first-order valence-corrected chi connectivity index (χ1v) is 9.79. The summed E-state index contributed by atoms with van der Waals surface area (Å²) in [6, 6.07) is 8.73. The van der Waals surface area contributed by atoms with Crippen molar-refractivity contribution in [1.29, 1.82) is 0 Å². The summed E-state index contributed by atoms with van der Waals surface area (Å²) in [5.41, 5.74) is 2.37. The van der Waals surface area contributed by atoms with E-state index in [9.17, 15) is 0 Å². The number of fused-ring (bicyclic) bond motifs is 1. The molecule has 1 aliphatic carbocycles. The third kappa shape index (κ3) is 3.33. The molecule has 0 unspecified atom stereocenters. The number of rotatable bonds is 4. The molecule has 2 heterocycles. The van der Waals surface area contributed by atoms with Crippen molar-refractivity contribution in [2.24, 2.45) is 0 Å². The average Bonchev–Trinajstić information content (AvgIpc) is 3.06. The lowest BCUT2D eigenvalue weighted by atomic mass is 9.95. The van der Waals surface area contributed by atoms with Crippen LogP contribution in [0.25, 0.3) is 21.3 Å². The standard InChI is InChI=1S/C20H23N3OS/c1-13-21-19(23-15-6-4-3-5-7-15)18-17(12-25-20(18)22-13)14-8-10-16(24-2)11-9-14/h8-12,15H,3-7H2,1-2H3,(H,21,22,23). The quantitative estimate of drug-likeness (QED) is 0.680. The van der Waals surface area contributed by atoms with Crippen molar-refractivity contribution in [3.8, 4) is 16.9 Å². The molecule has 1 aromatic carbocycles. The molecule has 4 nitrogen and oxygen atoms in total. The number of nitrogens with zero attached hydrogens (tertiary/aromatic N) is 2. The van der Waals surface area contributed by atoms with Crippen LogP contribution in [0, 0.1) is 6.92 Å². The zero-order valence-corrected chi connectivity index (χ0v) is 15.5. The molecule has 0 spiro atoms. The van der Waals surface area contributed by atoms with Gasteiger partial charge in [0.05, 0.1) is 12.5 Å². The van der Waals surface area contributed by atoms with Gasteiger partial charge in [0.25, 0.3) is 0 Å². The van der Waals surface area contributed by atoms with E-state index in [2.05, 4.69) is 27.8 Å². The molecule has 0 saturated heterocycles. The molecule has 1 N–H and O–H groups in total. The molecule has 5 heteroatoms. The molecule has 4 rings (SSSR count). The van der Waals surface area contributed by atoms with E-state index in [1.807, 2.05) is 19.1 Å². The summed E-state index contributed by atoms with van der Waals surface area (Å²) in [7, 11) is 1.69. The Labute approximate surface area is 152 Å². The third-order valence-electron chi connectivity index (χ3n) is 4.89. The number of anilines is 1. The summed E-state index contributed by atoms with van der Waals surface area (Å²) in [5, 5.41) is 7.05. The van der Waals surface area contributed by atoms with Crippen LogP contribution in [0.15, 0.2) is 29.6 Å². The van der Waals surface area contributed by atoms with Gasteiger partial charge in [0.15, 0.2) is 0 Å². The summed E-state index contributed by atoms with van der Waals surface area (Å²) in [6.45, 7) is 1.97. The van der Waals surface area contributed by atoms with Crippen molar-refractivity contribution in [2.45, 2.75) is 45.1 Å². The van der Waals surface area contributed by atoms with Gasteiger partial charge in [-0.1, -0.05) is 31.4 Å². The number of benzene rings is 1. The Kier molecular flexibility index (Phi) is 4.57. The maximum absolute atomic E-state index is 5.28. The van der Waals surface area contributed by atoms with Crippen molar-refractivity contribution in [2.75, 3.05) is 12.4 Å². The number of thiophene rings is 1. The maximum Gasteiger partial charge on any atom is 0.139 e. The number of methoxy groups -OCH3 is 1. The van der Waals surface area contributed by atoms with Gasteiger partial charge in [-0.3, -0.25) is 0 Å². The van der Waals surface area contributed by atoms with Crippen molar-refractivity contribution >= 4 is 27.4 Å².